The number of amides is 2. The average molecular weight is 535 g/mol. The third kappa shape index (κ3) is 5.48. The van der Waals surface area contributed by atoms with Gasteiger partial charge in [-0.05, 0) is 80.2 Å². The Labute approximate surface area is 235 Å². The second kappa shape index (κ2) is 11.7. The Balaban J connectivity index is 1.57. The minimum Gasteiger partial charge on any atom is -0.494 e. The van der Waals surface area contributed by atoms with Gasteiger partial charge in [-0.25, -0.2) is 4.68 Å². The van der Waals surface area contributed by atoms with Crippen LogP contribution in [0.4, 0.5) is 0 Å². The number of aromatic nitrogens is 2. The van der Waals surface area contributed by atoms with Crippen molar-refractivity contribution < 1.29 is 14.3 Å². The third-order valence-corrected chi connectivity index (χ3v) is 7.62. The molecule has 7 heteroatoms. The molecule has 2 aromatic carbocycles. The number of nitriles is 1. The number of benzene rings is 2. The summed E-state index contributed by atoms with van der Waals surface area (Å²) in [6, 6.07) is 19.4. The largest absolute Gasteiger partial charge is 0.494 e. The summed E-state index contributed by atoms with van der Waals surface area (Å²) in [7, 11) is 0. The van der Waals surface area contributed by atoms with Gasteiger partial charge in [0.15, 0.2) is 0 Å². The number of rotatable bonds is 8. The lowest BCUT2D eigenvalue weighted by atomic mass is 9.92. The number of hydrogen-bond donors (Lipinski definition) is 0. The molecular formula is C33H34N4O3. The van der Waals surface area contributed by atoms with Crippen molar-refractivity contribution >= 4 is 17.9 Å². The first kappa shape index (κ1) is 27.1. The Morgan fingerprint density at radius 3 is 2.40 bits per heavy atom. The number of nitrogens with zero attached hydrogens (tertiary/aromatic N) is 4. The van der Waals surface area contributed by atoms with E-state index in [2.05, 4.69) is 19.9 Å². The van der Waals surface area contributed by atoms with Crippen LogP contribution in [-0.4, -0.2) is 39.1 Å². The van der Waals surface area contributed by atoms with Crippen LogP contribution >= 0.6 is 0 Å². The molecule has 0 atom stereocenters. The van der Waals surface area contributed by atoms with Gasteiger partial charge in [0.2, 0.25) is 0 Å². The molecule has 0 saturated heterocycles. The summed E-state index contributed by atoms with van der Waals surface area (Å²) in [6.07, 6.45) is 8.11. The standard InChI is InChI=1S/C33H34N4O3/c1-22(2)17-18-40-28-15-13-24(14-16-28)31-25(21-36(35-31)26-9-5-4-6-10-26)19-29-23(3)30(20-34)33(39)37(32(29)38)27-11-7-8-12-27/h4-6,9-10,13-16,19,21-22,27H,7-8,11-12,17-18H2,1-3H3/b29-19+. The predicted molar refractivity (Wildman–Crippen MR) is 154 cm³/mol. The smallest absolute Gasteiger partial charge is 0.271 e. The molecule has 1 aliphatic carbocycles. The summed E-state index contributed by atoms with van der Waals surface area (Å²) in [5.74, 6) is 0.527. The first-order valence-corrected chi connectivity index (χ1v) is 14.0. The molecule has 5 rings (SSSR count). The predicted octanol–water partition coefficient (Wildman–Crippen LogP) is 6.50. The molecule has 1 aromatic heterocycles. The molecule has 1 saturated carbocycles. The van der Waals surface area contributed by atoms with E-state index in [9.17, 15) is 14.9 Å². The van der Waals surface area contributed by atoms with Gasteiger partial charge in [-0.3, -0.25) is 14.5 Å². The van der Waals surface area contributed by atoms with Gasteiger partial charge in [0.05, 0.1) is 18.0 Å². The number of para-hydroxylation sites is 1. The lowest BCUT2D eigenvalue weighted by Gasteiger charge is -2.32. The molecule has 7 nitrogen and oxygen atoms in total. The van der Waals surface area contributed by atoms with Crippen LogP contribution in [0.1, 0.15) is 58.4 Å². The van der Waals surface area contributed by atoms with E-state index in [-0.39, 0.29) is 17.5 Å². The first-order chi connectivity index (χ1) is 19.4. The summed E-state index contributed by atoms with van der Waals surface area (Å²) in [6.45, 7) is 6.67. The fourth-order valence-corrected chi connectivity index (χ4v) is 5.30. The highest BCUT2D eigenvalue weighted by Crippen LogP contribution is 2.35. The molecular weight excluding hydrogens is 500 g/mol. The second-order valence-electron chi connectivity index (χ2n) is 10.9. The number of carbonyl (C=O) groups excluding carboxylic acids is 2. The highest BCUT2D eigenvalue weighted by molar-refractivity contribution is 6.20. The van der Waals surface area contributed by atoms with E-state index < -0.39 is 5.91 Å². The van der Waals surface area contributed by atoms with Gasteiger partial charge in [0.25, 0.3) is 11.8 Å². The minimum atomic E-state index is -0.484. The Morgan fingerprint density at radius 1 is 1.05 bits per heavy atom. The van der Waals surface area contributed by atoms with Crippen LogP contribution in [0.5, 0.6) is 5.75 Å². The monoisotopic (exact) mass is 534 g/mol. The molecule has 0 spiro atoms. The molecule has 2 aliphatic rings. The summed E-state index contributed by atoms with van der Waals surface area (Å²) >= 11 is 0. The zero-order valence-corrected chi connectivity index (χ0v) is 23.3. The maximum atomic E-state index is 13.8. The van der Waals surface area contributed by atoms with E-state index in [0.717, 1.165) is 54.7 Å². The quantitative estimate of drug-likeness (QED) is 0.243. The van der Waals surface area contributed by atoms with Crippen molar-refractivity contribution in [2.24, 2.45) is 5.92 Å². The van der Waals surface area contributed by atoms with Gasteiger partial charge in [-0.1, -0.05) is 44.9 Å². The van der Waals surface area contributed by atoms with E-state index in [1.165, 1.54) is 4.90 Å². The third-order valence-electron chi connectivity index (χ3n) is 7.62. The molecule has 3 aromatic rings. The minimum absolute atomic E-state index is 0.0256. The van der Waals surface area contributed by atoms with Crippen LogP contribution < -0.4 is 4.74 Å². The molecule has 0 unspecified atom stereocenters. The van der Waals surface area contributed by atoms with Crippen LogP contribution in [-0.2, 0) is 9.59 Å². The fourth-order valence-electron chi connectivity index (χ4n) is 5.30. The maximum absolute atomic E-state index is 13.8. The van der Waals surface area contributed by atoms with Crippen molar-refractivity contribution in [3.05, 3.63) is 83.1 Å². The van der Waals surface area contributed by atoms with Crippen LogP contribution in [0.15, 0.2) is 77.5 Å². The van der Waals surface area contributed by atoms with E-state index >= 15 is 0 Å². The zero-order chi connectivity index (χ0) is 28.2. The van der Waals surface area contributed by atoms with Crippen molar-refractivity contribution in [3.63, 3.8) is 0 Å². The normalized spacial score (nSPS) is 17.3. The topological polar surface area (TPSA) is 88.2 Å². The lowest BCUT2D eigenvalue weighted by Crippen LogP contribution is -2.47. The molecule has 0 radical (unpaired) electrons. The van der Waals surface area contributed by atoms with E-state index in [1.54, 1.807) is 17.7 Å². The lowest BCUT2D eigenvalue weighted by molar-refractivity contribution is -0.143. The first-order valence-electron chi connectivity index (χ1n) is 14.0. The van der Waals surface area contributed by atoms with Gasteiger partial charge in [-0.15, -0.1) is 0 Å². The van der Waals surface area contributed by atoms with Gasteiger partial charge in [-0.2, -0.15) is 10.4 Å². The zero-order valence-electron chi connectivity index (χ0n) is 23.3. The van der Waals surface area contributed by atoms with Gasteiger partial charge in [0.1, 0.15) is 17.4 Å². The summed E-state index contributed by atoms with van der Waals surface area (Å²) in [5.41, 5.74) is 3.94. The van der Waals surface area contributed by atoms with E-state index in [1.807, 2.05) is 60.8 Å². The van der Waals surface area contributed by atoms with Gasteiger partial charge < -0.3 is 4.74 Å². The van der Waals surface area contributed by atoms with Crippen molar-refractivity contribution in [2.45, 2.75) is 58.9 Å². The molecule has 2 heterocycles. The highest BCUT2D eigenvalue weighted by Gasteiger charge is 2.40. The average Bonchev–Trinajstić information content (AvgIpc) is 3.63. The molecule has 204 valence electrons. The number of hydrogen-bond acceptors (Lipinski definition) is 5. The number of imide groups is 1. The Morgan fingerprint density at radius 2 is 1.75 bits per heavy atom. The fraction of sp³-hybridized carbons (Fsp3) is 0.333. The Kier molecular flexibility index (Phi) is 7.97. The van der Waals surface area contributed by atoms with E-state index in [0.29, 0.717) is 29.4 Å². The van der Waals surface area contributed by atoms with E-state index in [4.69, 9.17) is 9.84 Å². The van der Waals surface area contributed by atoms with Crippen molar-refractivity contribution in [1.29, 1.82) is 5.26 Å². The summed E-state index contributed by atoms with van der Waals surface area (Å²) in [5, 5.41) is 14.7. The summed E-state index contributed by atoms with van der Waals surface area (Å²) < 4.78 is 7.68. The Hall–Kier alpha value is -4.44. The van der Waals surface area contributed by atoms with Crippen LogP contribution in [0.25, 0.3) is 23.0 Å². The van der Waals surface area contributed by atoms with Gasteiger partial charge >= 0.3 is 0 Å². The Bertz CT molecular complexity index is 1500. The van der Waals surface area contributed by atoms with Crippen molar-refractivity contribution in [1.82, 2.24) is 14.7 Å². The van der Waals surface area contributed by atoms with Crippen molar-refractivity contribution in [2.75, 3.05) is 6.61 Å². The maximum Gasteiger partial charge on any atom is 0.271 e. The van der Waals surface area contributed by atoms with Crippen LogP contribution in [0, 0.1) is 17.2 Å². The molecule has 1 fully saturated rings. The second-order valence-corrected chi connectivity index (χ2v) is 10.9. The van der Waals surface area contributed by atoms with Crippen molar-refractivity contribution in [3.8, 4) is 28.8 Å². The summed E-state index contributed by atoms with van der Waals surface area (Å²) in [4.78, 5) is 28.2. The number of ether oxygens (including phenoxy) is 1. The van der Waals surface area contributed by atoms with Crippen LogP contribution in [0.2, 0.25) is 0 Å². The number of carbonyl (C=O) groups is 2. The van der Waals surface area contributed by atoms with Gasteiger partial charge in [0, 0.05) is 28.9 Å². The molecule has 40 heavy (non-hydrogen) atoms. The van der Waals surface area contributed by atoms with Crippen LogP contribution in [0.3, 0.4) is 0 Å². The molecule has 1 aliphatic heterocycles. The molecule has 2 amide bonds. The SMILES string of the molecule is CC1=C(C#N)C(=O)N(C2CCCC2)C(=O)/C1=C/c1cn(-c2ccccc2)nc1-c1ccc(OCCC(C)C)cc1. The molecule has 0 bridgehead atoms. The molecule has 0 N–H and O–H groups in total. The highest BCUT2D eigenvalue weighted by atomic mass is 16.5.